The Labute approximate surface area is 153 Å². The number of morpholine rings is 1. The Balaban J connectivity index is 1.32. The number of piperidine rings is 1. The SMILES string of the molecule is O=c1[nH]c2ccccc2n1C1CCN(CC(O)CN2CCOCC2)CC1. The molecule has 1 atom stereocenters. The molecular weight excluding hydrogens is 332 g/mol. The van der Waals surface area contributed by atoms with Crippen LogP contribution in [0.4, 0.5) is 0 Å². The number of hydrogen-bond donors (Lipinski definition) is 2. The molecular formula is C19H28N4O3. The molecule has 2 saturated heterocycles. The topological polar surface area (TPSA) is 73.7 Å². The molecule has 26 heavy (non-hydrogen) atoms. The molecule has 2 fully saturated rings. The van der Waals surface area contributed by atoms with Crippen LogP contribution in [-0.4, -0.2) is 83.0 Å². The van der Waals surface area contributed by atoms with Crippen molar-refractivity contribution in [2.45, 2.75) is 25.0 Å². The van der Waals surface area contributed by atoms with Crippen LogP contribution in [-0.2, 0) is 4.74 Å². The van der Waals surface area contributed by atoms with Gasteiger partial charge in [0.25, 0.3) is 0 Å². The average Bonchev–Trinajstić information content (AvgIpc) is 2.99. The highest BCUT2D eigenvalue weighted by atomic mass is 16.5. The van der Waals surface area contributed by atoms with E-state index in [9.17, 15) is 9.90 Å². The number of fused-ring (bicyclic) bond motifs is 1. The summed E-state index contributed by atoms with van der Waals surface area (Å²) in [7, 11) is 0. The Hall–Kier alpha value is -1.67. The van der Waals surface area contributed by atoms with Crippen LogP contribution >= 0.6 is 0 Å². The highest BCUT2D eigenvalue weighted by molar-refractivity contribution is 5.75. The van der Waals surface area contributed by atoms with Gasteiger partial charge < -0.3 is 19.7 Å². The van der Waals surface area contributed by atoms with Gasteiger partial charge in [-0.15, -0.1) is 0 Å². The second kappa shape index (κ2) is 7.92. The summed E-state index contributed by atoms with van der Waals surface area (Å²) in [4.78, 5) is 19.9. The van der Waals surface area contributed by atoms with Crippen LogP contribution in [0.2, 0.25) is 0 Å². The highest BCUT2D eigenvalue weighted by Crippen LogP contribution is 2.24. The summed E-state index contributed by atoms with van der Waals surface area (Å²) in [5, 5.41) is 10.4. The molecule has 3 heterocycles. The number of nitrogens with one attached hydrogen (secondary N) is 1. The van der Waals surface area contributed by atoms with Crippen molar-refractivity contribution in [3.63, 3.8) is 0 Å². The smallest absolute Gasteiger partial charge is 0.326 e. The van der Waals surface area contributed by atoms with Crippen LogP contribution in [0.5, 0.6) is 0 Å². The molecule has 2 N–H and O–H groups in total. The molecule has 2 aliphatic heterocycles. The molecule has 0 aliphatic carbocycles. The number of hydrogen-bond acceptors (Lipinski definition) is 5. The van der Waals surface area contributed by atoms with E-state index in [-0.39, 0.29) is 17.8 Å². The first-order valence-electron chi connectivity index (χ1n) is 9.60. The van der Waals surface area contributed by atoms with E-state index in [1.165, 1.54) is 0 Å². The van der Waals surface area contributed by atoms with Crippen molar-refractivity contribution in [1.29, 1.82) is 0 Å². The molecule has 0 bridgehead atoms. The fraction of sp³-hybridized carbons (Fsp3) is 0.632. The lowest BCUT2D eigenvalue weighted by molar-refractivity contribution is 0.00440. The van der Waals surface area contributed by atoms with Crippen LogP contribution in [0.25, 0.3) is 11.0 Å². The molecule has 1 unspecified atom stereocenters. The van der Waals surface area contributed by atoms with Gasteiger partial charge in [-0.3, -0.25) is 9.47 Å². The first kappa shape index (κ1) is 17.7. The molecule has 2 aromatic rings. The van der Waals surface area contributed by atoms with Crippen molar-refractivity contribution in [1.82, 2.24) is 19.4 Å². The van der Waals surface area contributed by atoms with Gasteiger partial charge in [-0.25, -0.2) is 4.79 Å². The first-order valence-corrected chi connectivity index (χ1v) is 9.60. The molecule has 7 heteroatoms. The van der Waals surface area contributed by atoms with Gasteiger partial charge in [0, 0.05) is 45.3 Å². The number of nitrogens with zero attached hydrogens (tertiary/aromatic N) is 3. The number of aliphatic hydroxyl groups excluding tert-OH is 1. The van der Waals surface area contributed by atoms with Crippen LogP contribution in [0.15, 0.2) is 29.1 Å². The van der Waals surface area contributed by atoms with E-state index in [0.29, 0.717) is 13.1 Å². The van der Waals surface area contributed by atoms with Gasteiger partial charge in [0.15, 0.2) is 0 Å². The number of β-amino-alcohol motifs (C(OH)–C–C–N with tert-alkyl or cyclic N) is 1. The van der Waals surface area contributed by atoms with Crippen molar-refractivity contribution >= 4 is 11.0 Å². The van der Waals surface area contributed by atoms with Crippen molar-refractivity contribution in [2.75, 3.05) is 52.5 Å². The summed E-state index contributed by atoms with van der Waals surface area (Å²) in [6.45, 7) is 6.58. The normalized spacial score (nSPS) is 22.0. The van der Waals surface area contributed by atoms with Gasteiger partial charge in [-0.2, -0.15) is 0 Å². The fourth-order valence-corrected chi connectivity index (χ4v) is 4.23. The van der Waals surface area contributed by atoms with Gasteiger partial charge in [0.1, 0.15) is 0 Å². The van der Waals surface area contributed by atoms with Crippen LogP contribution in [0, 0.1) is 0 Å². The van der Waals surface area contributed by atoms with E-state index in [1.54, 1.807) is 0 Å². The predicted octanol–water partition coefficient (Wildman–Crippen LogP) is 0.660. The molecule has 4 rings (SSSR count). The fourth-order valence-electron chi connectivity index (χ4n) is 4.23. The maximum Gasteiger partial charge on any atom is 0.326 e. The minimum atomic E-state index is -0.333. The van der Waals surface area contributed by atoms with E-state index in [2.05, 4.69) is 14.8 Å². The average molecular weight is 360 g/mol. The maximum absolute atomic E-state index is 12.4. The van der Waals surface area contributed by atoms with Crippen LogP contribution in [0.1, 0.15) is 18.9 Å². The lowest BCUT2D eigenvalue weighted by Gasteiger charge is -2.35. The molecule has 1 aromatic heterocycles. The number of aromatic amines is 1. The zero-order valence-electron chi connectivity index (χ0n) is 15.1. The highest BCUT2D eigenvalue weighted by Gasteiger charge is 2.25. The van der Waals surface area contributed by atoms with E-state index in [0.717, 1.165) is 63.3 Å². The number of rotatable bonds is 5. The molecule has 142 valence electrons. The number of imidazole rings is 1. The minimum absolute atomic E-state index is 0.0167. The number of H-pyrrole nitrogens is 1. The number of benzene rings is 1. The first-order chi connectivity index (χ1) is 12.7. The van der Waals surface area contributed by atoms with Gasteiger partial charge in [0.05, 0.1) is 30.4 Å². The van der Waals surface area contributed by atoms with Crippen molar-refractivity contribution in [3.8, 4) is 0 Å². The monoisotopic (exact) mass is 360 g/mol. The number of aromatic nitrogens is 2. The molecule has 0 amide bonds. The maximum atomic E-state index is 12.4. The molecule has 2 aliphatic rings. The Morgan fingerprint density at radius 2 is 1.73 bits per heavy atom. The third-order valence-electron chi connectivity index (χ3n) is 5.59. The third-order valence-corrected chi connectivity index (χ3v) is 5.59. The zero-order valence-corrected chi connectivity index (χ0v) is 15.1. The van der Waals surface area contributed by atoms with Gasteiger partial charge in [0.2, 0.25) is 0 Å². The minimum Gasteiger partial charge on any atom is -0.390 e. The third kappa shape index (κ3) is 3.86. The van der Waals surface area contributed by atoms with Gasteiger partial charge in [-0.1, -0.05) is 12.1 Å². The largest absolute Gasteiger partial charge is 0.390 e. The number of likely N-dealkylation sites (tertiary alicyclic amines) is 1. The lowest BCUT2D eigenvalue weighted by Crippen LogP contribution is -2.46. The molecule has 0 spiro atoms. The van der Waals surface area contributed by atoms with E-state index in [1.807, 2.05) is 28.8 Å². The van der Waals surface area contributed by atoms with Crippen molar-refractivity contribution < 1.29 is 9.84 Å². The Bertz CT molecular complexity index is 772. The summed E-state index contributed by atoms with van der Waals surface area (Å²) < 4.78 is 7.27. The number of aliphatic hydroxyl groups is 1. The number of para-hydroxylation sites is 2. The van der Waals surface area contributed by atoms with E-state index >= 15 is 0 Å². The van der Waals surface area contributed by atoms with E-state index < -0.39 is 0 Å². The summed E-state index contributed by atoms with van der Waals surface area (Å²) >= 11 is 0. The van der Waals surface area contributed by atoms with Gasteiger partial charge >= 0.3 is 5.69 Å². The Morgan fingerprint density at radius 3 is 2.46 bits per heavy atom. The van der Waals surface area contributed by atoms with Gasteiger partial charge in [-0.05, 0) is 25.0 Å². The Morgan fingerprint density at radius 1 is 1.08 bits per heavy atom. The second-order valence-corrected chi connectivity index (χ2v) is 7.42. The summed E-state index contributed by atoms with van der Waals surface area (Å²) in [5.74, 6) is 0. The summed E-state index contributed by atoms with van der Waals surface area (Å²) in [5.41, 5.74) is 1.88. The molecule has 1 aromatic carbocycles. The molecule has 7 nitrogen and oxygen atoms in total. The molecule has 0 radical (unpaired) electrons. The standard InChI is InChI=1S/C19H28N4O3/c24-16(14-22-9-11-26-12-10-22)13-21-7-5-15(6-8-21)23-18-4-2-1-3-17(18)20-19(23)25/h1-4,15-16,24H,5-14H2,(H,20,25). The van der Waals surface area contributed by atoms with Crippen molar-refractivity contribution in [3.05, 3.63) is 34.7 Å². The van der Waals surface area contributed by atoms with Crippen LogP contribution < -0.4 is 5.69 Å². The Kier molecular flexibility index (Phi) is 5.40. The number of ether oxygens (including phenoxy) is 1. The quantitative estimate of drug-likeness (QED) is 0.820. The second-order valence-electron chi connectivity index (χ2n) is 7.42. The van der Waals surface area contributed by atoms with Crippen molar-refractivity contribution in [2.24, 2.45) is 0 Å². The summed E-state index contributed by atoms with van der Waals surface area (Å²) in [6.07, 6.45) is 1.54. The lowest BCUT2D eigenvalue weighted by atomic mass is 10.0. The predicted molar refractivity (Wildman–Crippen MR) is 101 cm³/mol. The van der Waals surface area contributed by atoms with E-state index in [4.69, 9.17) is 4.74 Å². The summed E-state index contributed by atoms with van der Waals surface area (Å²) in [6, 6.07) is 8.10. The van der Waals surface area contributed by atoms with Crippen LogP contribution in [0.3, 0.4) is 0 Å². The molecule has 0 saturated carbocycles. The zero-order chi connectivity index (χ0) is 17.9.